The smallest absolute Gasteiger partial charge is 0.328 e. The molecule has 0 fully saturated rings. The van der Waals surface area contributed by atoms with Crippen LogP contribution in [0.5, 0.6) is 0 Å². The van der Waals surface area contributed by atoms with Gasteiger partial charge in [0.2, 0.25) is 0 Å². The standard InChI is InChI=1S/C12H12N2O4/c15-6-10(12(17)18)14-11(16)8-2-1-7-3-4-13-9(7)5-8/h1-5,10,13,15H,6H2,(H,14,16)(H,17,18). The molecule has 0 bridgehead atoms. The van der Waals surface area contributed by atoms with Crippen LogP contribution in [0, 0.1) is 0 Å². The molecule has 6 heteroatoms. The molecule has 1 amide bonds. The number of H-pyrrole nitrogens is 1. The number of carboxylic acids is 1. The summed E-state index contributed by atoms with van der Waals surface area (Å²) >= 11 is 0. The molecule has 1 heterocycles. The average molecular weight is 248 g/mol. The Labute approximate surface area is 102 Å². The Morgan fingerprint density at radius 1 is 1.33 bits per heavy atom. The molecule has 2 rings (SSSR count). The summed E-state index contributed by atoms with van der Waals surface area (Å²) in [5.41, 5.74) is 1.13. The maximum absolute atomic E-state index is 11.8. The lowest BCUT2D eigenvalue weighted by molar-refractivity contribution is -0.140. The molecule has 0 spiro atoms. The Hall–Kier alpha value is -2.34. The van der Waals surface area contributed by atoms with Crippen molar-refractivity contribution in [3.8, 4) is 0 Å². The van der Waals surface area contributed by atoms with Crippen LogP contribution in [-0.2, 0) is 4.79 Å². The van der Waals surface area contributed by atoms with Crippen molar-refractivity contribution in [1.82, 2.24) is 10.3 Å². The van der Waals surface area contributed by atoms with Gasteiger partial charge < -0.3 is 20.5 Å². The fourth-order valence-electron chi connectivity index (χ4n) is 1.62. The SMILES string of the molecule is O=C(NC(CO)C(=O)O)c1ccc2cc[nH]c2c1. The van der Waals surface area contributed by atoms with Crippen molar-refractivity contribution in [3.05, 3.63) is 36.0 Å². The van der Waals surface area contributed by atoms with Crippen LogP contribution >= 0.6 is 0 Å². The Bertz CT molecular complexity index is 591. The number of aliphatic carboxylic acids is 1. The number of aliphatic hydroxyl groups excluding tert-OH is 1. The Morgan fingerprint density at radius 3 is 2.78 bits per heavy atom. The van der Waals surface area contributed by atoms with Crippen LogP contribution in [0.3, 0.4) is 0 Å². The zero-order valence-corrected chi connectivity index (χ0v) is 9.38. The molecule has 0 aliphatic heterocycles. The summed E-state index contributed by atoms with van der Waals surface area (Å²) in [6.07, 6.45) is 1.75. The third-order valence-corrected chi connectivity index (χ3v) is 2.60. The van der Waals surface area contributed by atoms with E-state index < -0.39 is 24.5 Å². The van der Waals surface area contributed by atoms with Crippen LogP contribution in [-0.4, -0.2) is 39.7 Å². The Kier molecular flexibility index (Phi) is 3.29. The third kappa shape index (κ3) is 2.33. The zero-order chi connectivity index (χ0) is 13.1. The van der Waals surface area contributed by atoms with E-state index in [0.717, 1.165) is 10.9 Å². The van der Waals surface area contributed by atoms with Gasteiger partial charge >= 0.3 is 5.97 Å². The van der Waals surface area contributed by atoms with Crippen LogP contribution in [0.25, 0.3) is 10.9 Å². The number of carbonyl (C=O) groups is 2. The number of carboxylic acid groups (broad SMARTS) is 1. The number of benzene rings is 1. The molecule has 0 aliphatic rings. The van der Waals surface area contributed by atoms with Gasteiger partial charge in [0, 0.05) is 17.3 Å². The van der Waals surface area contributed by atoms with Crippen LogP contribution < -0.4 is 5.32 Å². The minimum absolute atomic E-state index is 0.338. The molecule has 1 unspecified atom stereocenters. The van der Waals surface area contributed by atoms with E-state index in [2.05, 4.69) is 10.3 Å². The molecule has 0 saturated heterocycles. The van der Waals surface area contributed by atoms with Gasteiger partial charge in [-0.1, -0.05) is 6.07 Å². The molecule has 1 atom stereocenters. The number of amides is 1. The van der Waals surface area contributed by atoms with Crippen molar-refractivity contribution in [3.63, 3.8) is 0 Å². The van der Waals surface area contributed by atoms with Crippen molar-refractivity contribution >= 4 is 22.8 Å². The van der Waals surface area contributed by atoms with Crippen molar-refractivity contribution in [2.24, 2.45) is 0 Å². The van der Waals surface area contributed by atoms with Gasteiger partial charge in [0.15, 0.2) is 6.04 Å². The molecule has 1 aromatic carbocycles. The van der Waals surface area contributed by atoms with E-state index >= 15 is 0 Å². The average Bonchev–Trinajstić information content (AvgIpc) is 2.82. The quantitative estimate of drug-likeness (QED) is 0.626. The van der Waals surface area contributed by atoms with Gasteiger partial charge in [0.25, 0.3) is 5.91 Å². The number of aromatic nitrogens is 1. The first-order valence-electron chi connectivity index (χ1n) is 5.33. The Morgan fingerprint density at radius 2 is 2.11 bits per heavy atom. The normalized spacial score (nSPS) is 12.3. The second-order valence-corrected chi connectivity index (χ2v) is 3.83. The summed E-state index contributed by atoms with van der Waals surface area (Å²) in [6.45, 7) is -0.647. The number of carbonyl (C=O) groups excluding carboxylic acids is 1. The van der Waals surface area contributed by atoms with E-state index in [1.807, 2.05) is 6.07 Å². The lowest BCUT2D eigenvalue weighted by atomic mass is 10.1. The van der Waals surface area contributed by atoms with Gasteiger partial charge in [-0.05, 0) is 23.6 Å². The summed E-state index contributed by atoms with van der Waals surface area (Å²) < 4.78 is 0. The van der Waals surface area contributed by atoms with Gasteiger partial charge in [0.05, 0.1) is 6.61 Å². The van der Waals surface area contributed by atoms with Gasteiger partial charge in [-0.15, -0.1) is 0 Å². The molecule has 4 N–H and O–H groups in total. The van der Waals surface area contributed by atoms with E-state index in [4.69, 9.17) is 10.2 Å². The summed E-state index contributed by atoms with van der Waals surface area (Å²) in [6, 6.07) is 5.56. The van der Waals surface area contributed by atoms with Crippen LogP contribution in [0.4, 0.5) is 0 Å². The predicted octanol–water partition coefficient (Wildman–Crippen LogP) is 0.343. The molecule has 6 nitrogen and oxygen atoms in total. The van der Waals surface area contributed by atoms with E-state index in [1.54, 1.807) is 24.4 Å². The van der Waals surface area contributed by atoms with Crippen molar-refractivity contribution < 1.29 is 19.8 Å². The van der Waals surface area contributed by atoms with Gasteiger partial charge in [-0.25, -0.2) is 4.79 Å². The van der Waals surface area contributed by atoms with Crippen molar-refractivity contribution in [2.45, 2.75) is 6.04 Å². The predicted molar refractivity (Wildman–Crippen MR) is 64.3 cm³/mol. The van der Waals surface area contributed by atoms with E-state index in [0.29, 0.717) is 5.56 Å². The van der Waals surface area contributed by atoms with Crippen LogP contribution in [0.2, 0.25) is 0 Å². The van der Waals surface area contributed by atoms with Gasteiger partial charge in [-0.2, -0.15) is 0 Å². The fourth-order valence-corrected chi connectivity index (χ4v) is 1.62. The zero-order valence-electron chi connectivity index (χ0n) is 9.38. The number of aliphatic hydroxyl groups is 1. The highest BCUT2D eigenvalue weighted by Crippen LogP contribution is 2.14. The number of fused-ring (bicyclic) bond motifs is 1. The van der Waals surface area contributed by atoms with E-state index in [1.165, 1.54) is 0 Å². The number of aromatic amines is 1. The van der Waals surface area contributed by atoms with Crippen molar-refractivity contribution in [1.29, 1.82) is 0 Å². The number of nitrogens with one attached hydrogen (secondary N) is 2. The maximum atomic E-state index is 11.8. The minimum atomic E-state index is -1.29. The summed E-state index contributed by atoms with van der Waals surface area (Å²) in [5, 5.41) is 20.8. The summed E-state index contributed by atoms with van der Waals surface area (Å²) in [5.74, 6) is -1.81. The van der Waals surface area contributed by atoms with Crippen LogP contribution in [0.1, 0.15) is 10.4 Å². The number of hydrogen-bond donors (Lipinski definition) is 4. The highest BCUT2D eigenvalue weighted by Gasteiger charge is 2.19. The van der Waals surface area contributed by atoms with E-state index in [-0.39, 0.29) is 0 Å². The third-order valence-electron chi connectivity index (χ3n) is 2.60. The molecular weight excluding hydrogens is 236 g/mol. The molecule has 0 radical (unpaired) electrons. The minimum Gasteiger partial charge on any atom is -0.480 e. The molecule has 2 aromatic rings. The maximum Gasteiger partial charge on any atom is 0.328 e. The lowest BCUT2D eigenvalue weighted by Crippen LogP contribution is -2.43. The number of hydrogen-bond acceptors (Lipinski definition) is 3. The Balaban J connectivity index is 2.19. The molecule has 94 valence electrons. The molecule has 0 aliphatic carbocycles. The fraction of sp³-hybridized carbons (Fsp3) is 0.167. The number of rotatable bonds is 4. The summed E-state index contributed by atoms with van der Waals surface area (Å²) in [4.78, 5) is 25.4. The second kappa shape index (κ2) is 4.89. The van der Waals surface area contributed by atoms with Gasteiger partial charge in [0.1, 0.15) is 0 Å². The van der Waals surface area contributed by atoms with E-state index in [9.17, 15) is 9.59 Å². The molecular formula is C12H12N2O4. The van der Waals surface area contributed by atoms with Crippen LogP contribution in [0.15, 0.2) is 30.5 Å². The van der Waals surface area contributed by atoms with Crippen molar-refractivity contribution in [2.75, 3.05) is 6.61 Å². The van der Waals surface area contributed by atoms with Gasteiger partial charge in [-0.3, -0.25) is 4.79 Å². The topological polar surface area (TPSA) is 102 Å². The lowest BCUT2D eigenvalue weighted by Gasteiger charge is -2.11. The molecule has 1 aromatic heterocycles. The first-order valence-corrected chi connectivity index (χ1v) is 5.33. The second-order valence-electron chi connectivity index (χ2n) is 3.83. The highest BCUT2D eigenvalue weighted by atomic mass is 16.4. The summed E-state index contributed by atoms with van der Waals surface area (Å²) in [7, 11) is 0. The first-order chi connectivity index (χ1) is 8.61. The first kappa shape index (κ1) is 12.1. The highest BCUT2D eigenvalue weighted by molar-refractivity contribution is 5.99. The molecule has 18 heavy (non-hydrogen) atoms. The monoisotopic (exact) mass is 248 g/mol. The largest absolute Gasteiger partial charge is 0.480 e. The molecule has 0 saturated carbocycles.